The van der Waals surface area contributed by atoms with E-state index in [9.17, 15) is 9.59 Å². The zero-order valence-corrected chi connectivity index (χ0v) is 8.20. The molecule has 0 aliphatic carbocycles. The highest BCUT2D eigenvalue weighted by molar-refractivity contribution is 5.93. The van der Waals surface area contributed by atoms with E-state index in [0.29, 0.717) is 12.5 Å². The Balaban J connectivity index is 2.65. The number of H-pyrrole nitrogens is 1. The number of amides is 1. The smallest absolute Gasteiger partial charge is 0.264 e. The number of hydrogen-bond donors (Lipinski definition) is 2. The normalized spacial score (nSPS) is 10.2. The molecule has 0 fully saturated rings. The van der Waals surface area contributed by atoms with Crippen molar-refractivity contribution in [1.29, 1.82) is 0 Å². The predicted octanol–water partition coefficient (Wildman–Crippen LogP) is 0.156. The van der Waals surface area contributed by atoms with Crippen LogP contribution in [0.25, 0.3) is 0 Å². The average molecular weight is 195 g/mol. The zero-order chi connectivity index (χ0) is 10.6. The lowest BCUT2D eigenvalue weighted by Crippen LogP contribution is -2.28. The molecule has 5 nitrogen and oxygen atoms in total. The summed E-state index contributed by atoms with van der Waals surface area (Å²) >= 11 is 0. The summed E-state index contributed by atoms with van der Waals surface area (Å²) in [4.78, 5) is 22.2. The van der Waals surface area contributed by atoms with Crippen molar-refractivity contribution in [2.75, 3.05) is 6.54 Å². The summed E-state index contributed by atoms with van der Waals surface area (Å²) in [6, 6.07) is 1.22. The first kappa shape index (κ1) is 10.4. The van der Waals surface area contributed by atoms with E-state index >= 15 is 0 Å². The summed E-state index contributed by atoms with van der Waals surface area (Å²) in [6.07, 6.45) is 1.33. The van der Waals surface area contributed by atoms with Gasteiger partial charge in [0.05, 0.1) is 11.8 Å². The number of carbonyl (C=O) groups is 1. The molecular formula is C9H13N3O2. The summed E-state index contributed by atoms with van der Waals surface area (Å²) in [5.74, 6) is 0.117. The molecule has 0 saturated carbocycles. The second-order valence-electron chi connectivity index (χ2n) is 3.44. The SMILES string of the molecule is CC(C)CNC(=O)c1cn[nH]c(=O)c1. The molecule has 1 rings (SSSR count). The summed E-state index contributed by atoms with van der Waals surface area (Å²) in [7, 11) is 0. The molecule has 14 heavy (non-hydrogen) atoms. The van der Waals surface area contributed by atoms with E-state index in [2.05, 4.69) is 15.5 Å². The molecule has 1 heterocycles. The Morgan fingerprint density at radius 1 is 1.64 bits per heavy atom. The molecule has 0 spiro atoms. The van der Waals surface area contributed by atoms with E-state index in [1.165, 1.54) is 12.3 Å². The standard InChI is InChI=1S/C9H13N3O2/c1-6(2)4-10-9(14)7-3-8(13)12-11-5-7/h3,5-6H,4H2,1-2H3,(H,10,14)(H,12,13). The Labute approximate surface area is 81.5 Å². The Bertz CT molecular complexity index is 370. The maximum absolute atomic E-state index is 11.4. The Morgan fingerprint density at radius 3 is 2.93 bits per heavy atom. The third kappa shape index (κ3) is 3.01. The van der Waals surface area contributed by atoms with Crippen LogP contribution < -0.4 is 10.9 Å². The van der Waals surface area contributed by atoms with Crippen molar-refractivity contribution in [2.24, 2.45) is 5.92 Å². The van der Waals surface area contributed by atoms with Gasteiger partial charge in [-0.2, -0.15) is 5.10 Å². The summed E-state index contributed by atoms with van der Waals surface area (Å²) in [6.45, 7) is 4.58. The lowest BCUT2D eigenvalue weighted by atomic mass is 10.2. The highest BCUT2D eigenvalue weighted by Crippen LogP contribution is 1.93. The third-order valence-electron chi connectivity index (χ3n) is 1.60. The van der Waals surface area contributed by atoms with Crippen molar-refractivity contribution in [1.82, 2.24) is 15.5 Å². The number of aromatic nitrogens is 2. The number of nitrogens with zero attached hydrogens (tertiary/aromatic N) is 1. The lowest BCUT2D eigenvalue weighted by molar-refractivity contribution is 0.0948. The number of nitrogens with one attached hydrogen (secondary N) is 2. The van der Waals surface area contributed by atoms with Crippen molar-refractivity contribution in [3.05, 3.63) is 28.2 Å². The average Bonchev–Trinajstić information content (AvgIpc) is 2.14. The lowest BCUT2D eigenvalue weighted by Gasteiger charge is -2.06. The van der Waals surface area contributed by atoms with Gasteiger partial charge in [-0.05, 0) is 5.92 Å². The number of rotatable bonds is 3. The predicted molar refractivity (Wildman–Crippen MR) is 52.0 cm³/mol. The van der Waals surface area contributed by atoms with Gasteiger partial charge in [0.2, 0.25) is 0 Å². The van der Waals surface area contributed by atoms with Crippen LogP contribution in [-0.2, 0) is 0 Å². The van der Waals surface area contributed by atoms with Crippen LogP contribution >= 0.6 is 0 Å². The Kier molecular flexibility index (Phi) is 3.39. The Hall–Kier alpha value is -1.65. The van der Waals surface area contributed by atoms with Crippen molar-refractivity contribution >= 4 is 5.91 Å². The molecule has 0 unspecified atom stereocenters. The number of aromatic amines is 1. The van der Waals surface area contributed by atoms with E-state index in [-0.39, 0.29) is 17.0 Å². The molecule has 0 aliphatic heterocycles. The number of carbonyl (C=O) groups excluding carboxylic acids is 1. The van der Waals surface area contributed by atoms with Gasteiger partial charge in [-0.25, -0.2) is 5.10 Å². The minimum Gasteiger partial charge on any atom is -0.352 e. The van der Waals surface area contributed by atoms with Gasteiger partial charge in [0.25, 0.3) is 11.5 Å². The van der Waals surface area contributed by atoms with Gasteiger partial charge in [-0.3, -0.25) is 9.59 Å². The number of hydrogen-bond acceptors (Lipinski definition) is 3. The summed E-state index contributed by atoms with van der Waals surface area (Å²) in [5.41, 5.74) is -0.0865. The molecule has 1 aromatic heterocycles. The molecule has 76 valence electrons. The summed E-state index contributed by atoms with van der Waals surface area (Å²) < 4.78 is 0. The maximum Gasteiger partial charge on any atom is 0.264 e. The highest BCUT2D eigenvalue weighted by atomic mass is 16.2. The second kappa shape index (κ2) is 4.55. The molecule has 1 aromatic rings. The van der Waals surface area contributed by atoms with Crippen LogP contribution in [0.5, 0.6) is 0 Å². The topological polar surface area (TPSA) is 74.8 Å². The van der Waals surface area contributed by atoms with Gasteiger partial charge in [0.15, 0.2) is 0 Å². The first-order valence-corrected chi connectivity index (χ1v) is 4.42. The molecule has 0 aliphatic rings. The van der Waals surface area contributed by atoms with Gasteiger partial charge in [-0.1, -0.05) is 13.8 Å². The van der Waals surface area contributed by atoms with Crippen LogP contribution in [0.2, 0.25) is 0 Å². The Morgan fingerprint density at radius 2 is 2.36 bits per heavy atom. The van der Waals surface area contributed by atoms with Crippen LogP contribution in [0.3, 0.4) is 0 Å². The molecule has 0 aromatic carbocycles. The van der Waals surface area contributed by atoms with E-state index in [1.807, 2.05) is 13.8 Å². The van der Waals surface area contributed by atoms with Gasteiger partial charge in [0, 0.05) is 12.6 Å². The van der Waals surface area contributed by atoms with Gasteiger partial charge in [0.1, 0.15) is 0 Å². The first-order chi connectivity index (χ1) is 6.59. The quantitative estimate of drug-likeness (QED) is 0.721. The van der Waals surface area contributed by atoms with Crippen LogP contribution in [-0.4, -0.2) is 22.6 Å². The fourth-order valence-corrected chi connectivity index (χ4v) is 0.899. The summed E-state index contributed by atoms with van der Waals surface area (Å²) in [5, 5.41) is 8.43. The molecule has 5 heteroatoms. The molecule has 0 bridgehead atoms. The fourth-order valence-electron chi connectivity index (χ4n) is 0.899. The van der Waals surface area contributed by atoms with Crippen LogP contribution in [0, 0.1) is 5.92 Å². The van der Waals surface area contributed by atoms with Crippen LogP contribution in [0.15, 0.2) is 17.1 Å². The van der Waals surface area contributed by atoms with Gasteiger partial charge in [-0.15, -0.1) is 0 Å². The fraction of sp³-hybridized carbons (Fsp3) is 0.444. The van der Waals surface area contributed by atoms with Crippen LogP contribution in [0.4, 0.5) is 0 Å². The van der Waals surface area contributed by atoms with Gasteiger partial charge >= 0.3 is 0 Å². The second-order valence-corrected chi connectivity index (χ2v) is 3.44. The third-order valence-corrected chi connectivity index (χ3v) is 1.60. The van der Waals surface area contributed by atoms with E-state index < -0.39 is 0 Å². The van der Waals surface area contributed by atoms with Crippen LogP contribution in [0.1, 0.15) is 24.2 Å². The van der Waals surface area contributed by atoms with Crippen molar-refractivity contribution in [2.45, 2.75) is 13.8 Å². The molecule has 0 saturated heterocycles. The molecule has 2 N–H and O–H groups in total. The highest BCUT2D eigenvalue weighted by Gasteiger charge is 2.06. The zero-order valence-electron chi connectivity index (χ0n) is 8.20. The minimum absolute atomic E-state index is 0.266. The maximum atomic E-state index is 11.4. The molecule has 0 atom stereocenters. The monoisotopic (exact) mass is 195 g/mol. The first-order valence-electron chi connectivity index (χ1n) is 4.42. The largest absolute Gasteiger partial charge is 0.352 e. The van der Waals surface area contributed by atoms with Gasteiger partial charge < -0.3 is 5.32 Å². The molecule has 0 radical (unpaired) electrons. The molecule has 1 amide bonds. The van der Waals surface area contributed by atoms with Crippen molar-refractivity contribution in [3.8, 4) is 0 Å². The van der Waals surface area contributed by atoms with Crippen molar-refractivity contribution in [3.63, 3.8) is 0 Å². The van der Waals surface area contributed by atoms with Crippen molar-refractivity contribution < 1.29 is 4.79 Å². The van der Waals surface area contributed by atoms with E-state index in [1.54, 1.807) is 0 Å². The van der Waals surface area contributed by atoms with E-state index in [4.69, 9.17) is 0 Å². The minimum atomic E-state index is -0.373. The van der Waals surface area contributed by atoms with E-state index in [0.717, 1.165) is 0 Å². The molecular weight excluding hydrogens is 182 g/mol.